The first-order chi connectivity index (χ1) is 15.2. The lowest BCUT2D eigenvalue weighted by atomic mass is 9.95. The molecule has 0 spiro atoms. The molecule has 158 valence electrons. The maximum Gasteiger partial charge on any atom is 0.127 e. The standard InChI is InChI=1S/C28H30N2O/c1-4-23(20-30(3)19-22-15-17-29-18-16-22)31-28-14-13-26(24-10-6-5-9-21(24)2)25-11-7-8-12-27(25)28/h5-18,23H,4,19-20H2,1-3H3. The molecule has 0 N–H and O–H groups in total. The summed E-state index contributed by atoms with van der Waals surface area (Å²) >= 11 is 0. The molecule has 3 nitrogen and oxygen atoms in total. The van der Waals surface area contributed by atoms with Gasteiger partial charge in [-0.1, -0.05) is 61.5 Å². The van der Waals surface area contributed by atoms with Gasteiger partial charge < -0.3 is 4.74 Å². The molecule has 4 aromatic rings. The fourth-order valence-electron chi connectivity index (χ4n) is 4.13. The van der Waals surface area contributed by atoms with E-state index in [0.717, 1.165) is 25.3 Å². The summed E-state index contributed by atoms with van der Waals surface area (Å²) in [5.74, 6) is 0.956. The first kappa shape index (κ1) is 21.1. The van der Waals surface area contributed by atoms with Crippen molar-refractivity contribution in [3.8, 4) is 16.9 Å². The lowest BCUT2D eigenvalue weighted by Gasteiger charge is -2.25. The molecule has 3 aromatic carbocycles. The van der Waals surface area contributed by atoms with Crippen LogP contribution in [0.3, 0.4) is 0 Å². The lowest BCUT2D eigenvalue weighted by molar-refractivity contribution is 0.142. The zero-order valence-electron chi connectivity index (χ0n) is 18.6. The Morgan fingerprint density at radius 2 is 1.55 bits per heavy atom. The summed E-state index contributed by atoms with van der Waals surface area (Å²) in [6, 6.07) is 25.6. The number of ether oxygens (including phenoxy) is 1. The van der Waals surface area contributed by atoms with Gasteiger partial charge in [-0.15, -0.1) is 0 Å². The van der Waals surface area contributed by atoms with Gasteiger partial charge in [0.2, 0.25) is 0 Å². The highest BCUT2D eigenvalue weighted by Gasteiger charge is 2.15. The van der Waals surface area contributed by atoms with Crippen molar-refractivity contribution >= 4 is 10.8 Å². The maximum absolute atomic E-state index is 6.55. The van der Waals surface area contributed by atoms with Crippen molar-refractivity contribution in [3.05, 3.63) is 96.3 Å². The van der Waals surface area contributed by atoms with Crippen LogP contribution < -0.4 is 4.74 Å². The highest BCUT2D eigenvalue weighted by atomic mass is 16.5. The molecule has 0 saturated carbocycles. The van der Waals surface area contributed by atoms with Gasteiger partial charge in [0.1, 0.15) is 11.9 Å². The zero-order valence-corrected chi connectivity index (χ0v) is 18.6. The molecular weight excluding hydrogens is 380 g/mol. The van der Waals surface area contributed by atoms with Crippen molar-refractivity contribution in [1.82, 2.24) is 9.88 Å². The van der Waals surface area contributed by atoms with Crippen LogP contribution in [0.25, 0.3) is 21.9 Å². The molecule has 1 aromatic heterocycles. The summed E-state index contributed by atoms with van der Waals surface area (Å²) in [6.07, 6.45) is 4.77. The quantitative estimate of drug-likeness (QED) is 0.331. The monoisotopic (exact) mass is 410 g/mol. The molecule has 0 aliphatic carbocycles. The minimum absolute atomic E-state index is 0.125. The molecule has 0 aliphatic rings. The van der Waals surface area contributed by atoms with Gasteiger partial charge in [0.05, 0.1) is 0 Å². The topological polar surface area (TPSA) is 25.4 Å². The van der Waals surface area contributed by atoms with E-state index >= 15 is 0 Å². The highest BCUT2D eigenvalue weighted by molar-refractivity contribution is 6.00. The lowest BCUT2D eigenvalue weighted by Crippen LogP contribution is -2.32. The predicted octanol–water partition coefficient (Wildman–Crippen LogP) is 6.50. The fourth-order valence-corrected chi connectivity index (χ4v) is 4.13. The van der Waals surface area contributed by atoms with E-state index in [-0.39, 0.29) is 6.10 Å². The van der Waals surface area contributed by atoms with Gasteiger partial charge in [0, 0.05) is 30.9 Å². The van der Waals surface area contributed by atoms with Crippen molar-refractivity contribution in [2.24, 2.45) is 0 Å². The minimum Gasteiger partial charge on any atom is -0.488 e. The number of rotatable bonds is 8. The predicted molar refractivity (Wildman–Crippen MR) is 129 cm³/mol. The van der Waals surface area contributed by atoms with E-state index in [2.05, 4.69) is 104 Å². The average Bonchev–Trinajstić information content (AvgIpc) is 2.80. The van der Waals surface area contributed by atoms with Gasteiger partial charge in [-0.05, 0) is 66.2 Å². The van der Waals surface area contributed by atoms with Crippen LogP contribution in [-0.2, 0) is 6.54 Å². The SMILES string of the molecule is CCC(CN(C)Cc1ccncc1)Oc1ccc(-c2ccccc2C)c2ccccc12. The molecule has 4 rings (SSSR count). The Balaban J connectivity index is 1.58. The Hall–Kier alpha value is -3.17. The molecule has 0 saturated heterocycles. The van der Waals surface area contributed by atoms with Crippen LogP contribution in [0, 0.1) is 6.92 Å². The molecule has 1 heterocycles. The number of aryl methyl sites for hydroxylation is 1. The number of fused-ring (bicyclic) bond motifs is 1. The third-order valence-corrected chi connectivity index (χ3v) is 5.79. The van der Waals surface area contributed by atoms with Crippen molar-refractivity contribution in [3.63, 3.8) is 0 Å². The number of benzene rings is 3. The summed E-state index contributed by atoms with van der Waals surface area (Å²) in [6.45, 7) is 6.11. The summed E-state index contributed by atoms with van der Waals surface area (Å²) < 4.78 is 6.55. The molecule has 1 unspecified atom stereocenters. The molecule has 31 heavy (non-hydrogen) atoms. The Labute approximate surface area is 185 Å². The minimum atomic E-state index is 0.125. The largest absolute Gasteiger partial charge is 0.488 e. The van der Waals surface area contributed by atoms with Crippen LogP contribution in [0.15, 0.2) is 85.2 Å². The second-order valence-electron chi connectivity index (χ2n) is 8.17. The maximum atomic E-state index is 6.55. The highest BCUT2D eigenvalue weighted by Crippen LogP contribution is 2.36. The van der Waals surface area contributed by atoms with Crippen LogP contribution in [-0.4, -0.2) is 29.6 Å². The van der Waals surface area contributed by atoms with Crippen LogP contribution in [0.1, 0.15) is 24.5 Å². The number of hydrogen-bond donors (Lipinski definition) is 0. The van der Waals surface area contributed by atoms with Crippen LogP contribution >= 0.6 is 0 Å². The van der Waals surface area contributed by atoms with Crippen molar-refractivity contribution < 1.29 is 4.74 Å². The second kappa shape index (κ2) is 9.76. The number of hydrogen-bond acceptors (Lipinski definition) is 3. The van der Waals surface area contributed by atoms with E-state index in [1.165, 1.54) is 33.0 Å². The van der Waals surface area contributed by atoms with Crippen LogP contribution in [0.5, 0.6) is 5.75 Å². The van der Waals surface area contributed by atoms with Gasteiger partial charge >= 0.3 is 0 Å². The Bertz CT molecular complexity index is 1140. The van der Waals surface area contributed by atoms with Crippen molar-refractivity contribution in [1.29, 1.82) is 0 Å². The van der Waals surface area contributed by atoms with Gasteiger partial charge in [-0.2, -0.15) is 0 Å². The molecule has 0 amide bonds. The van der Waals surface area contributed by atoms with Crippen molar-refractivity contribution in [2.45, 2.75) is 32.9 Å². The summed E-state index contributed by atoms with van der Waals surface area (Å²) in [5.41, 5.74) is 5.07. The van der Waals surface area contributed by atoms with Crippen LogP contribution in [0.2, 0.25) is 0 Å². The third kappa shape index (κ3) is 4.95. The van der Waals surface area contributed by atoms with Gasteiger partial charge in [0.15, 0.2) is 0 Å². The third-order valence-electron chi connectivity index (χ3n) is 5.79. The van der Waals surface area contributed by atoms with Crippen LogP contribution in [0.4, 0.5) is 0 Å². The van der Waals surface area contributed by atoms with Gasteiger partial charge in [0.25, 0.3) is 0 Å². The molecule has 0 aliphatic heterocycles. The van der Waals surface area contributed by atoms with E-state index in [1.807, 2.05) is 12.4 Å². The first-order valence-corrected chi connectivity index (χ1v) is 11.0. The van der Waals surface area contributed by atoms with Crippen molar-refractivity contribution in [2.75, 3.05) is 13.6 Å². The summed E-state index contributed by atoms with van der Waals surface area (Å²) in [5, 5.41) is 2.40. The number of pyridine rings is 1. The average molecular weight is 411 g/mol. The molecule has 3 heteroatoms. The van der Waals surface area contributed by atoms with E-state index in [4.69, 9.17) is 4.74 Å². The Kier molecular flexibility index (Phi) is 6.63. The van der Waals surface area contributed by atoms with E-state index in [9.17, 15) is 0 Å². The number of nitrogens with zero attached hydrogens (tertiary/aromatic N) is 2. The fraction of sp³-hybridized carbons (Fsp3) is 0.250. The zero-order chi connectivity index (χ0) is 21.6. The molecule has 0 radical (unpaired) electrons. The molecule has 1 atom stereocenters. The Morgan fingerprint density at radius 3 is 2.29 bits per heavy atom. The molecule has 0 bridgehead atoms. The first-order valence-electron chi connectivity index (χ1n) is 11.0. The Morgan fingerprint density at radius 1 is 0.839 bits per heavy atom. The summed E-state index contributed by atoms with van der Waals surface area (Å²) in [7, 11) is 2.14. The van der Waals surface area contributed by atoms with Gasteiger partial charge in [-0.3, -0.25) is 9.88 Å². The van der Waals surface area contributed by atoms with E-state index in [1.54, 1.807) is 0 Å². The summed E-state index contributed by atoms with van der Waals surface area (Å²) in [4.78, 5) is 6.42. The second-order valence-corrected chi connectivity index (χ2v) is 8.17. The molecular formula is C28H30N2O. The van der Waals surface area contributed by atoms with E-state index < -0.39 is 0 Å². The smallest absolute Gasteiger partial charge is 0.127 e. The number of aromatic nitrogens is 1. The normalized spacial score (nSPS) is 12.3. The molecule has 0 fully saturated rings. The van der Waals surface area contributed by atoms with E-state index in [0.29, 0.717) is 0 Å². The van der Waals surface area contributed by atoms with Gasteiger partial charge in [-0.25, -0.2) is 0 Å². The number of likely N-dealkylation sites (N-methyl/N-ethyl adjacent to an activating group) is 1.